The quantitative estimate of drug-likeness (QED) is 0.771. The van der Waals surface area contributed by atoms with Crippen LogP contribution in [-0.2, 0) is 21.4 Å². The van der Waals surface area contributed by atoms with Crippen molar-refractivity contribution in [3.05, 3.63) is 58.1 Å². The molecular formula is C24H24ClN3O2. The van der Waals surface area contributed by atoms with Crippen LogP contribution in [0.25, 0.3) is 11.1 Å². The maximum Gasteiger partial charge on any atom is 0.283 e. The smallest absolute Gasteiger partial charge is 0.283 e. The molecule has 2 aromatic carbocycles. The average Bonchev–Trinajstić information content (AvgIpc) is 3.27. The molecule has 2 N–H and O–H groups in total. The topological polar surface area (TPSA) is 80.6 Å². The first-order chi connectivity index (χ1) is 14.5. The molecule has 1 atom stereocenters. The summed E-state index contributed by atoms with van der Waals surface area (Å²) in [6, 6.07) is 14.4. The molecule has 2 aromatic rings. The fraction of sp³-hybridized carbons (Fsp3) is 0.417. The number of amidine groups is 1. The Morgan fingerprint density at radius 3 is 2.67 bits per heavy atom. The second kappa shape index (κ2) is 7.01. The van der Waals surface area contributed by atoms with Crippen LogP contribution in [0.3, 0.4) is 0 Å². The number of rotatable bonds is 2. The molecule has 0 bridgehead atoms. The molecule has 0 amide bonds. The maximum atomic E-state index is 9.33. The minimum atomic E-state index is -0.461. The molecule has 0 saturated heterocycles. The van der Waals surface area contributed by atoms with Gasteiger partial charge in [-0.2, -0.15) is 5.26 Å². The summed E-state index contributed by atoms with van der Waals surface area (Å²) in [5, 5.41) is 9.88. The Bertz CT molecular complexity index is 1080. The Balaban J connectivity index is 1.62. The molecule has 5 nitrogen and oxygen atoms in total. The van der Waals surface area contributed by atoms with E-state index in [2.05, 4.69) is 24.3 Å². The monoisotopic (exact) mass is 421 g/mol. The first kappa shape index (κ1) is 19.4. The van der Waals surface area contributed by atoms with E-state index in [1.54, 1.807) is 13.2 Å². The van der Waals surface area contributed by atoms with Crippen molar-refractivity contribution in [2.24, 2.45) is 16.1 Å². The lowest BCUT2D eigenvalue weighted by atomic mass is 9.62. The van der Waals surface area contributed by atoms with Crippen molar-refractivity contribution in [3.63, 3.8) is 0 Å². The third-order valence-electron chi connectivity index (χ3n) is 7.27. The van der Waals surface area contributed by atoms with Crippen LogP contribution in [0.1, 0.15) is 42.4 Å². The van der Waals surface area contributed by atoms with E-state index < -0.39 is 5.54 Å². The van der Waals surface area contributed by atoms with Crippen molar-refractivity contribution >= 4 is 17.6 Å². The fourth-order valence-corrected chi connectivity index (χ4v) is 5.96. The zero-order valence-corrected chi connectivity index (χ0v) is 17.7. The summed E-state index contributed by atoms with van der Waals surface area (Å²) in [6.07, 6.45) is 5.39. The molecule has 1 unspecified atom stereocenters. The van der Waals surface area contributed by atoms with E-state index in [1.165, 1.54) is 11.1 Å². The van der Waals surface area contributed by atoms with Crippen LogP contribution in [0.5, 0.6) is 0 Å². The largest absolute Gasteiger partial charge is 0.462 e. The molecule has 6 heteroatoms. The van der Waals surface area contributed by atoms with Gasteiger partial charge in [-0.15, -0.1) is 0 Å². The molecular weight excluding hydrogens is 398 g/mol. The summed E-state index contributed by atoms with van der Waals surface area (Å²) in [5.41, 5.74) is 10.6. The summed E-state index contributed by atoms with van der Waals surface area (Å²) in [5.74, 6) is 0. The summed E-state index contributed by atoms with van der Waals surface area (Å²) in [4.78, 5) is 4.93. The molecule has 1 heterocycles. The number of nitriles is 1. The van der Waals surface area contributed by atoms with Crippen LogP contribution in [0.4, 0.5) is 0 Å². The highest BCUT2D eigenvalue weighted by molar-refractivity contribution is 6.31. The molecule has 2 aliphatic carbocycles. The van der Waals surface area contributed by atoms with Gasteiger partial charge in [0.15, 0.2) is 0 Å². The predicted molar refractivity (Wildman–Crippen MR) is 116 cm³/mol. The van der Waals surface area contributed by atoms with Crippen molar-refractivity contribution in [1.29, 1.82) is 5.26 Å². The lowest BCUT2D eigenvalue weighted by Crippen LogP contribution is -2.46. The predicted octanol–water partition coefficient (Wildman–Crippen LogP) is 4.55. The van der Waals surface area contributed by atoms with Gasteiger partial charge in [-0.25, -0.2) is 4.99 Å². The summed E-state index contributed by atoms with van der Waals surface area (Å²) >= 11 is 6.26. The van der Waals surface area contributed by atoms with Gasteiger partial charge in [0.2, 0.25) is 0 Å². The number of benzene rings is 2. The molecule has 5 rings (SSSR count). The molecule has 30 heavy (non-hydrogen) atoms. The molecule has 0 aromatic heterocycles. The number of nitrogens with two attached hydrogens (primary N) is 1. The van der Waals surface area contributed by atoms with Gasteiger partial charge in [0.25, 0.3) is 6.02 Å². The van der Waals surface area contributed by atoms with Gasteiger partial charge in [-0.05, 0) is 78.6 Å². The van der Waals surface area contributed by atoms with Crippen molar-refractivity contribution < 1.29 is 9.47 Å². The van der Waals surface area contributed by atoms with Crippen LogP contribution >= 0.6 is 11.6 Å². The first-order valence-corrected chi connectivity index (χ1v) is 10.7. The summed E-state index contributed by atoms with van der Waals surface area (Å²) in [6.45, 7) is 0.478. The van der Waals surface area contributed by atoms with Gasteiger partial charge in [-0.3, -0.25) is 0 Å². The van der Waals surface area contributed by atoms with Gasteiger partial charge >= 0.3 is 0 Å². The highest BCUT2D eigenvalue weighted by atomic mass is 35.5. The number of nitrogens with zero attached hydrogens (tertiary/aromatic N) is 2. The number of fused-ring (bicyclic) bond motifs is 3. The van der Waals surface area contributed by atoms with E-state index in [0.717, 1.165) is 43.2 Å². The van der Waals surface area contributed by atoms with Crippen molar-refractivity contribution in [1.82, 2.24) is 0 Å². The Labute approximate surface area is 181 Å². The number of halogens is 1. The average molecular weight is 422 g/mol. The van der Waals surface area contributed by atoms with Crippen LogP contribution in [0.2, 0.25) is 5.02 Å². The van der Waals surface area contributed by atoms with Gasteiger partial charge in [0, 0.05) is 17.5 Å². The van der Waals surface area contributed by atoms with E-state index in [9.17, 15) is 5.26 Å². The number of ether oxygens (including phenoxy) is 2. The number of methoxy groups -OCH3 is 1. The Hall–Kier alpha value is -2.55. The van der Waals surface area contributed by atoms with E-state index in [1.807, 2.05) is 12.1 Å². The van der Waals surface area contributed by atoms with Crippen LogP contribution < -0.4 is 5.73 Å². The van der Waals surface area contributed by atoms with Crippen molar-refractivity contribution in [2.75, 3.05) is 13.7 Å². The highest BCUT2D eigenvalue weighted by Gasteiger charge is 2.61. The lowest BCUT2D eigenvalue weighted by molar-refractivity contribution is -0.00983. The molecule has 154 valence electrons. The molecule has 1 saturated carbocycles. The Kier molecular flexibility index (Phi) is 4.53. The molecule has 3 aliphatic rings. The normalized spacial score (nSPS) is 29.5. The van der Waals surface area contributed by atoms with Gasteiger partial charge < -0.3 is 15.2 Å². The van der Waals surface area contributed by atoms with Gasteiger partial charge in [0.05, 0.1) is 17.7 Å². The molecule has 1 aliphatic heterocycles. The maximum absolute atomic E-state index is 9.33. The first-order valence-electron chi connectivity index (χ1n) is 10.3. The zero-order valence-electron chi connectivity index (χ0n) is 17.0. The van der Waals surface area contributed by atoms with Crippen molar-refractivity contribution in [2.45, 2.75) is 43.7 Å². The number of aliphatic imine (C=N–C) groups is 1. The standard InChI is InChI=1S/C24H24ClN3O2/c1-29-20-4-6-23(7-5-20)12-17-3-2-16(18-8-15(13-26)9-19(25)10-18)11-21(17)24(23)14-30-22(27)28-24/h2-3,8-11,20H,4-7,12,14H2,1H3,(H2,27,28). The second-order valence-corrected chi connectivity index (χ2v) is 9.14. The summed E-state index contributed by atoms with van der Waals surface area (Å²) in [7, 11) is 1.80. The minimum absolute atomic E-state index is 0.00372. The van der Waals surface area contributed by atoms with Gasteiger partial charge in [0.1, 0.15) is 12.1 Å². The third-order valence-corrected chi connectivity index (χ3v) is 7.49. The Morgan fingerprint density at radius 1 is 1.20 bits per heavy atom. The Morgan fingerprint density at radius 2 is 2.00 bits per heavy atom. The van der Waals surface area contributed by atoms with E-state index >= 15 is 0 Å². The van der Waals surface area contributed by atoms with Crippen LogP contribution in [0.15, 0.2) is 41.4 Å². The van der Waals surface area contributed by atoms with Crippen LogP contribution in [-0.4, -0.2) is 25.8 Å². The van der Waals surface area contributed by atoms with Gasteiger partial charge in [-0.1, -0.05) is 23.7 Å². The van der Waals surface area contributed by atoms with Crippen molar-refractivity contribution in [3.8, 4) is 17.2 Å². The lowest BCUT2D eigenvalue weighted by Gasteiger charge is -2.45. The van der Waals surface area contributed by atoms with E-state index in [-0.39, 0.29) is 11.4 Å². The fourth-order valence-electron chi connectivity index (χ4n) is 5.72. The van der Waals surface area contributed by atoms with E-state index in [0.29, 0.717) is 23.3 Å². The minimum Gasteiger partial charge on any atom is -0.462 e. The molecule has 0 radical (unpaired) electrons. The zero-order chi connectivity index (χ0) is 20.9. The molecule has 1 fully saturated rings. The SMILES string of the molecule is COC1CCC2(CC1)Cc1ccc(-c3cc(Cl)cc(C#N)c3)cc1C21COC(N)=N1. The number of hydrogen-bond acceptors (Lipinski definition) is 5. The van der Waals surface area contributed by atoms with E-state index in [4.69, 9.17) is 31.8 Å². The number of hydrogen-bond donors (Lipinski definition) is 1. The molecule has 2 spiro atoms. The highest BCUT2D eigenvalue weighted by Crippen LogP contribution is 2.61. The third kappa shape index (κ3) is 2.82. The summed E-state index contributed by atoms with van der Waals surface area (Å²) < 4.78 is 11.4. The second-order valence-electron chi connectivity index (χ2n) is 8.70. The van der Waals surface area contributed by atoms with Crippen LogP contribution in [0, 0.1) is 16.7 Å².